The third kappa shape index (κ3) is 2.22. The summed E-state index contributed by atoms with van der Waals surface area (Å²) in [5, 5.41) is 2.77. The molecular weight excluding hydrogens is 234 g/mol. The summed E-state index contributed by atoms with van der Waals surface area (Å²) in [7, 11) is 0. The van der Waals surface area contributed by atoms with E-state index in [0.29, 0.717) is 26.1 Å². The van der Waals surface area contributed by atoms with Crippen molar-refractivity contribution in [3.63, 3.8) is 0 Å². The molecule has 3 N–H and O–H groups in total. The van der Waals surface area contributed by atoms with Crippen molar-refractivity contribution in [1.82, 2.24) is 10.2 Å². The molecule has 2 amide bonds. The summed E-state index contributed by atoms with van der Waals surface area (Å²) in [6, 6.07) is 0. The van der Waals surface area contributed by atoms with Gasteiger partial charge >= 0.3 is 0 Å². The summed E-state index contributed by atoms with van der Waals surface area (Å²) in [5.74, 6) is -0.207. The predicted molar refractivity (Wildman–Crippen MR) is 65.8 cm³/mol. The molecule has 2 saturated heterocycles. The molecule has 0 unspecified atom stereocenters. The van der Waals surface area contributed by atoms with Crippen LogP contribution in [0.4, 0.5) is 0 Å². The Morgan fingerprint density at radius 2 is 2.28 bits per heavy atom. The molecule has 6 heteroatoms. The Morgan fingerprint density at radius 1 is 1.56 bits per heavy atom. The highest BCUT2D eigenvalue weighted by atomic mass is 16.5. The van der Waals surface area contributed by atoms with Gasteiger partial charge in [-0.2, -0.15) is 0 Å². The first-order chi connectivity index (χ1) is 8.46. The third-order valence-electron chi connectivity index (χ3n) is 3.76. The molecule has 2 heterocycles. The van der Waals surface area contributed by atoms with Gasteiger partial charge in [-0.25, -0.2) is 0 Å². The second kappa shape index (κ2) is 4.85. The molecule has 2 fully saturated rings. The molecule has 0 aromatic heterocycles. The molecule has 102 valence electrons. The molecule has 0 spiro atoms. The van der Waals surface area contributed by atoms with Crippen molar-refractivity contribution in [2.24, 2.45) is 5.73 Å². The van der Waals surface area contributed by atoms with Crippen LogP contribution in [0.1, 0.15) is 26.7 Å². The maximum absolute atomic E-state index is 12.4. The summed E-state index contributed by atoms with van der Waals surface area (Å²) in [6.45, 7) is 4.99. The van der Waals surface area contributed by atoms with Crippen LogP contribution in [0.5, 0.6) is 0 Å². The van der Waals surface area contributed by atoms with Crippen molar-refractivity contribution in [1.29, 1.82) is 0 Å². The van der Waals surface area contributed by atoms with E-state index >= 15 is 0 Å². The molecule has 2 aliphatic heterocycles. The first-order valence-electron chi connectivity index (χ1n) is 6.42. The first-order valence-corrected chi connectivity index (χ1v) is 6.42. The minimum atomic E-state index is -0.806. The number of piperazine rings is 1. The fourth-order valence-corrected chi connectivity index (χ4v) is 2.52. The van der Waals surface area contributed by atoms with Gasteiger partial charge in [0.25, 0.3) is 5.91 Å². The number of hydrogen-bond acceptors (Lipinski definition) is 4. The van der Waals surface area contributed by atoms with Gasteiger partial charge in [-0.3, -0.25) is 9.59 Å². The number of nitrogens with one attached hydrogen (secondary N) is 1. The normalized spacial score (nSPS) is 31.3. The molecule has 6 nitrogen and oxygen atoms in total. The first kappa shape index (κ1) is 13.3. The van der Waals surface area contributed by atoms with Crippen LogP contribution in [-0.4, -0.2) is 54.1 Å². The van der Waals surface area contributed by atoms with E-state index in [2.05, 4.69) is 5.32 Å². The van der Waals surface area contributed by atoms with Crippen molar-refractivity contribution in [2.45, 2.75) is 44.4 Å². The van der Waals surface area contributed by atoms with E-state index in [4.69, 9.17) is 10.5 Å². The predicted octanol–water partition coefficient (Wildman–Crippen LogP) is -0.770. The minimum Gasteiger partial charge on any atom is -0.364 e. The van der Waals surface area contributed by atoms with Gasteiger partial charge < -0.3 is 20.7 Å². The Labute approximate surface area is 107 Å². The number of ether oxygens (including phenoxy) is 1. The zero-order chi connectivity index (χ0) is 13.3. The number of carbonyl (C=O) groups excluding carboxylic acids is 2. The van der Waals surface area contributed by atoms with Crippen LogP contribution in [-0.2, 0) is 14.3 Å². The summed E-state index contributed by atoms with van der Waals surface area (Å²) < 4.78 is 5.61. The Hall–Kier alpha value is -1.14. The monoisotopic (exact) mass is 255 g/mol. The average Bonchev–Trinajstić information content (AvgIpc) is 2.80. The highest BCUT2D eigenvalue weighted by molar-refractivity contribution is 5.93. The SMILES string of the molecule is CC1(C)C(=O)NCCN1C(=O)[C@@H]1CC[C@H](CN)O1. The molecule has 2 atom stereocenters. The minimum absolute atomic E-state index is 0.0271. The average molecular weight is 255 g/mol. The van der Waals surface area contributed by atoms with Gasteiger partial charge in [0.2, 0.25) is 5.91 Å². The third-order valence-corrected chi connectivity index (χ3v) is 3.76. The largest absolute Gasteiger partial charge is 0.364 e. The van der Waals surface area contributed by atoms with E-state index in [1.165, 1.54) is 0 Å². The van der Waals surface area contributed by atoms with E-state index < -0.39 is 11.6 Å². The second-order valence-corrected chi connectivity index (χ2v) is 5.36. The zero-order valence-electron chi connectivity index (χ0n) is 10.9. The van der Waals surface area contributed by atoms with Gasteiger partial charge in [0, 0.05) is 19.6 Å². The Balaban J connectivity index is 2.06. The number of carbonyl (C=O) groups is 2. The van der Waals surface area contributed by atoms with Gasteiger partial charge in [0.15, 0.2) is 0 Å². The molecule has 0 bridgehead atoms. The highest BCUT2D eigenvalue weighted by Crippen LogP contribution is 2.25. The van der Waals surface area contributed by atoms with Crippen LogP contribution in [0.2, 0.25) is 0 Å². The van der Waals surface area contributed by atoms with Crippen molar-refractivity contribution in [3.8, 4) is 0 Å². The molecule has 2 rings (SSSR count). The Bertz CT molecular complexity index is 356. The fraction of sp³-hybridized carbons (Fsp3) is 0.833. The lowest BCUT2D eigenvalue weighted by atomic mass is 9.97. The van der Waals surface area contributed by atoms with Crippen LogP contribution >= 0.6 is 0 Å². The molecule has 0 aromatic carbocycles. The van der Waals surface area contributed by atoms with E-state index in [1.54, 1.807) is 18.7 Å². The molecule has 0 saturated carbocycles. The lowest BCUT2D eigenvalue weighted by Gasteiger charge is -2.42. The van der Waals surface area contributed by atoms with Crippen LogP contribution in [0, 0.1) is 0 Å². The summed E-state index contributed by atoms with van der Waals surface area (Å²) in [4.78, 5) is 25.8. The molecule has 0 aromatic rings. The molecular formula is C12H21N3O3. The van der Waals surface area contributed by atoms with Crippen molar-refractivity contribution < 1.29 is 14.3 Å². The van der Waals surface area contributed by atoms with E-state index in [0.717, 1.165) is 6.42 Å². The van der Waals surface area contributed by atoms with Gasteiger partial charge in [-0.05, 0) is 26.7 Å². The summed E-state index contributed by atoms with van der Waals surface area (Å²) in [5.41, 5.74) is 4.73. The van der Waals surface area contributed by atoms with Crippen LogP contribution in [0.25, 0.3) is 0 Å². The lowest BCUT2D eigenvalue weighted by Crippen LogP contribution is -2.64. The molecule has 18 heavy (non-hydrogen) atoms. The van der Waals surface area contributed by atoms with Crippen LogP contribution in [0.3, 0.4) is 0 Å². The summed E-state index contributed by atoms with van der Waals surface area (Å²) in [6.07, 6.45) is 1.03. The molecule has 0 aliphatic carbocycles. The highest BCUT2D eigenvalue weighted by Gasteiger charge is 2.44. The maximum atomic E-state index is 12.4. The Kier molecular flexibility index (Phi) is 3.59. The van der Waals surface area contributed by atoms with Crippen molar-refractivity contribution in [2.75, 3.05) is 19.6 Å². The molecule has 0 radical (unpaired) electrons. The number of rotatable bonds is 2. The van der Waals surface area contributed by atoms with E-state index in [9.17, 15) is 9.59 Å². The number of amides is 2. The summed E-state index contributed by atoms with van der Waals surface area (Å²) >= 11 is 0. The smallest absolute Gasteiger partial charge is 0.252 e. The molecule has 2 aliphatic rings. The maximum Gasteiger partial charge on any atom is 0.252 e. The van der Waals surface area contributed by atoms with Gasteiger partial charge in [0.1, 0.15) is 11.6 Å². The second-order valence-electron chi connectivity index (χ2n) is 5.36. The Morgan fingerprint density at radius 3 is 2.89 bits per heavy atom. The number of hydrogen-bond donors (Lipinski definition) is 2. The zero-order valence-corrected chi connectivity index (χ0v) is 10.9. The van der Waals surface area contributed by atoms with E-state index in [-0.39, 0.29) is 17.9 Å². The van der Waals surface area contributed by atoms with Crippen LogP contribution in [0.15, 0.2) is 0 Å². The van der Waals surface area contributed by atoms with Crippen molar-refractivity contribution in [3.05, 3.63) is 0 Å². The van der Waals surface area contributed by atoms with Gasteiger partial charge in [-0.1, -0.05) is 0 Å². The van der Waals surface area contributed by atoms with Gasteiger partial charge in [0.05, 0.1) is 6.10 Å². The topological polar surface area (TPSA) is 84.7 Å². The van der Waals surface area contributed by atoms with Crippen molar-refractivity contribution >= 4 is 11.8 Å². The standard InChI is InChI=1S/C12H21N3O3/c1-12(2)11(17)14-5-6-15(12)10(16)9-4-3-8(7-13)18-9/h8-9H,3-7,13H2,1-2H3,(H,14,17)/t8-,9+/m1/s1. The number of nitrogens with two attached hydrogens (primary N) is 1. The van der Waals surface area contributed by atoms with E-state index in [1.807, 2.05) is 0 Å². The lowest BCUT2D eigenvalue weighted by molar-refractivity contribution is -0.156. The fourth-order valence-electron chi connectivity index (χ4n) is 2.52. The van der Waals surface area contributed by atoms with Crippen LogP contribution < -0.4 is 11.1 Å². The number of nitrogens with zero attached hydrogens (tertiary/aromatic N) is 1. The quantitative estimate of drug-likeness (QED) is 0.678. The van der Waals surface area contributed by atoms with Gasteiger partial charge in [-0.15, -0.1) is 0 Å².